The van der Waals surface area contributed by atoms with Crippen LogP contribution in [0.15, 0.2) is 69.9 Å². The summed E-state index contributed by atoms with van der Waals surface area (Å²) < 4.78 is 76.7. The summed E-state index contributed by atoms with van der Waals surface area (Å²) in [5.41, 5.74) is 13.1. The number of aryl methyl sites for hydroxylation is 1. The lowest BCUT2D eigenvalue weighted by Gasteiger charge is -2.11. The quantitative estimate of drug-likeness (QED) is 0.0380. The molecule has 1 atom stereocenters. The standard InChI is InChI=1S/C19H24N4O2.C15H16O4.2C2H6O4S/c20-18(21)14-4-8-16(9-5-14)24-12-2-1-3-13-25-17-10-6-15(7-11-17)19(22)23;1-8-3-4-10-12(18-7-8)6-13-14(15(10)17)11(16)5-9(2)19-13;2*3-1-2-7(4,5)6/h4-11H,1-3,12-13H2,(H3,20,21)(H3,22,23);5-6,8,17H,3-4,7H2,1-2H3;2*3H,1-2H2,(H,4,5,6). The first-order chi connectivity index (χ1) is 27.2. The lowest BCUT2D eigenvalue weighted by molar-refractivity contribution is 0.265. The summed E-state index contributed by atoms with van der Waals surface area (Å²) in [4.78, 5) is 12.0. The summed E-state index contributed by atoms with van der Waals surface area (Å²) in [5.74, 6) is 2.13. The van der Waals surface area contributed by atoms with Crippen molar-refractivity contribution < 1.29 is 59.9 Å². The molecule has 0 saturated carbocycles. The van der Waals surface area contributed by atoms with Gasteiger partial charge in [0.2, 0.25) is 0 Å². The van der Waals surface area contributed by atoms with E-state index in [0.717, 1.165) is 37.2 Å². The van der Waals surface area contributed by atoms with E-state index in [1.807, 2.05) is 24.3 Å². The van der Waals surface area contributed by atoms with Crippen molar-refractivity contribution in [1.29, 1.82) is 10.8 Å². The Morgan fingerprint density at radius 3 is 1.67 bits per heavy atom. The Labute approximate surface area is 336 Å². The zero-order valence-electron chi connectivity index (χ0n) is 32.2. The number of aliphatic hydroxyl groups excluding tert-OH is 2. The minimum atomic E-state index is -3.92. The van der Waals surface area contributed by atoms with Crippen LogP contribution in [0, 0.1) is 23.7 Å². The number of fused-ring (bicyclic) bond motifs is 2. The number of ether oxygens (including phenoxy) is 3. The molecule has 3 aromatic carbocycles. The Morgan fingerprint density at radius 1 is 0.810 bits per heavy atom. The van der Waals surface area contributed by atoms with Gasteiger partial charge in [0.1, 0.15) is 51.4 Å². The van der Waals surface area contributed by atoms with Gasteiger partial charge in [0.15, 0.2) is 5.43 Å². The Kier molecular flexibility index (Phi) is 20.1. The summed E-state index contributed by atoms with van der Waals surface area (Å²) in [7, 11) is -7.85. The Bertz CT molecular complexity index is 2120. The van der Waals surface area contributed by atoms with Gasteiger partial charge in [-0.2, -0.15) is 16.8 Å². The van der Waals surface area contributed by atoms with Gasteiger partial charge < -0.3 is 45.4 Å². The van der Waals surface area contributed by atoms with E-state index >= 15 is 0 Å². The van der Waals surface area contributed by atoms with Crippen LogP contribution >= 0.6 is 0 Å². The normalized spacial score (nSPS) is 13.4. The average Bonchev–Trinajstić information content (AvgIpc) is 3.32. The number of amidine groups is 2. The molecule has 2 heterocycles. The Hall–Kier alpha value is -5.25. The van der Waals surface area contributed by atoms with E-state index in [1.165, 1.54) is 6.07 Å². The molecule has 58 heavy (non-hydrogen) atoms. The molecule has 0 radical (unpaired) electrons. The highest BCUT2D eigenvalue weighted by Crippen LogP contribution is 2.38. The molecule has 20 heteroatoms. The third-order valence-corrected chi connectivity index (χ3v) is 9.34. The van der Waals surface area contributed by atoms with Crippen molar-refractivity contribution in [3.05, 3.63) is 93.3 Å². The molecule has 0 aliphatic carbocycles. The van der Waals surface area contributed by atoms with E-state index in [0.29, 0.717) is 65.9 Å². The molecular formula is C38H52N4O14S2. The Balaban J connectivity index is 0.000000307. The highest BCUT2D eigenvalue weighted by Gasteiger charge is 2.21. The molecule has 4 aromatic rings. The third kappa shape index (κ3) is 18.3. The molecule has 0 fully saturated rings. The van der Waals surface area contributed by atoms with Crippen LogP contribution in [-0.2, 0) is 26.7 Å². The predicted octanol–water partition coefficient (Wildman–Crippen LogP) is 3.38. The van der Waals surface area contributed by atoms with Crippen LogP contribution in [0.4, 0.5) is 0 Å². The Morgan fingerprint density at radius 2 is 1.28 bits per heavy atom. The van der Waals surface area contributed by atoms with Gasteiger partial charge in [-0.3, -0.25) is 24.7 Å². The van der Waals surface area contributed by atoms with Crippen LogP contribution in [0.2, 0.25) is 0 Å². The zero-order valence-corrected chi connectivity index (χ0v) is 33.9. The SMILES string of the molecule is Cc1cc(=O)c2c(O)c3c(cc2o1)OCC(C)CC3.N=C(N)c1ccc(OCCCCCOc2ccc(C(=N)N)cc2)cc1.O=S(=O)(O)CCO.O=S(=O)(O)CCO. The maximum atomic E-state index is 12.0. The summed E-state index contributed by atoms with van der Waals surface area (Å²) in [5, 5.41) is 41.0. The van der Waals surface area contributed by atoms with E-state index in [2.05, 4.69) is 6.92 Å². The number of nitrogens with two attached hydrogens (primary N) is 2. The van der Waals surface area contributed by atoms with Gasteiger partial charge in [-0.25, -0.2) is 0 Å². The molecule has 1 aliphatic heterocycles. The van der Waals surface area contributed by atoms with Crippen molar-refractivity contribution in [2.24, 2.45) is 17.4 Å². The number of hydrogen-bond acceptors (Lipinski definition) is 14. The number of nitrogens with one attached hydrogen (secondary N) is 2. The molecule has 0 spiro atoms. The van der Waals surface area contributed by atoms with Crippen molar-refractivity contribution in [1.82, 2.24) is 0 Å². The number of rotatable bonds is 14. The van der Waals surface area contributed by atoms with Crippen LogP contribution in [0.25, 0.3) is 11.0 Å². The molecular weight excluding hydrogens is 801 g/mol. The van der Waals surface area contributed by atoms with Crippen molar-refractivity contribution >= 4 is 42.9 Å². The van der Waals surface area contributed by atoms with Crippen molar-refractivity contribution in [3.8, 4) is 23.0 Å². The molecule has 5 rings (SSSR count). The number of nitrogen functional groups attached to an aromatic ring is 2. The predicted molar refractivity (Wildman–Crippen MR) is 219 cm³/mol. The summed E-state index contributed by atoms with van der Waals surface area (Å²) >= 11 is 0. The fourth-order valence-corrected chi connectivity index (χ4v) is 5.43. The third-order valence-electron chi connectivity index (χ3n) is 7.95. The number of aliphatic hydroxyl groups is 2. The highest BCUT2D eigenvalue weighted by molar-refractivity contribution is 7.86. The molecule has 320 valence electrons. The van der Waals surface area contributed by atoms with Gasteiger partial charge >= 0.3 is 0 Å². The monoisotopic (exact) mass is 852 g/mol. The first-order valence-corrected chi connectivity index (χ1v) is 21.1. The number of phenolic OH excluding ortho intramolecular Hbond substituents is 1. The molecule has 1 unspecified atom stereocenters. The summed E-state index contributed by atoms with van der Waals surface area (Å²) in [6, 6.07) is 17.5. The van der Waals surface area contributed by atoms with Gasteiger partial charge in [-0.15, -0.1) is 0 Å². The van der Waals surface area contributed by atoms with Crippen LogP contribution in [-0.4, -0.2) is 97.5 Å². The van der Waals surface area contributed by atoms with E-state index in [9.17, 15) is 26.7 Å². The van der Waals surface area contributed by atoms with E-state index < -0.39 is 45.0 Å². The minimum Gasteiger partial charge on any atom is -0.507 e. The number of phenols is 1. The van der Waals surface area contributed by atoms with Crippen LogP contribution in [0.5, 0.6) is 23.0 Å². The molecule has 18 nitrogen and oxygen atoms in total. The van der Waals surface area contributed by atoms with Gasteiger partial charge in [0, 0.05) is 28.8 Å². The van der Waals surface area contributed by atoms with Crippen molar-refractivity contribution in [2.75, 3.05) is 44.5 Å². The van der Waals surface area contributed by atoms with E-state index in [-0.39, 0.29) is 28.2 Å². The molecule has 0 saturated heterocycles. The maximum Gasteiger partial charge on any atom is 0.267 e. The van der Waals surface area contributed by atoms with Crippen molar-refractivity contribution in [2.45, 2.75) is 46.0 Å². The second kappa shape index (κ2) is 23.9. The van der Waals surface area contributed by atoms with Crippen molar-refractivity contribution in [3.63, 3.8) is 0 Å². The summed E-state index contributed by atoms with van der Waals surface area (Å²) in [6.45, 7) is 4.67. The fraction of sp³-hybridized carbons (Fsp3) is 0.395. The van der Waals surface area contributed by atoms with E-state index in [1.54, 1.807) is 37.3 Å². The van der Waals surface area contributed by atoms with Gasteiger partial charge in [-0.1, -0.05) is 6.92 Å². The second-order valence-electron chi connectivity index (χ2n) is 12.9. The van der Waals surface area contributed by atoms with Gasteiger partial charge in [0.25, 0.3) is 20.2 Å². The fourth-order valence-electron chi connectivity index (χ4n) is 4.97. The average molecular weight is 853 g/mol. The first-order valence-electron chi connectivity index (χ1n) is 17.9. The maximum absolute atomic E-state index is 12.0. The molecule has 11 N–H and O–H groups in total. The van der Waals surface area contributed by atoms with Crippen LogP contribution < -0.4 is 31.1 Å². The lowest BCUT2D eigenvalue weighted by atomic mass is 10.00. The second-order valence-corrected chi connectivity index (χ2v) is 16.0. The molecule has 0 amide bonds. The first kappa shape index (κ1) is 48.9. The molecule has 1 aliphatic rings. The highest BCUT2D eigenvalue weighted by atomic mass is 32.2. The van der Waals surface area contributed by atoms with Crippen LogP contribution in [0.1, 0.15) is 55.1 Å². The van der Waals surface area contributed by atoms with Crippen LogP contribution in [0.3, 0.4) is 0 Å². The largest absolute Gasteiger partial charge is 0.507 e. The smallest absolute Gasteiger partial charge is 0.267 e. The minimum absolute atomic E-state index is 0.00958. The van der Waals surface area contributed by atoms with E-state index in [4.69, 9.17) is 60.2 Å². The topological polar surface area (TPSA) is 327 Å². The molecule has 1 aromatic heterocycles. The van der Waals surface area contributed by atoms with Gasteiger partial charge in [-0.05, 0) is 93.5 Å². The zero-order chi connectivity index (χ0) is 43.5. The number of aromatic hydroxyl groups is 1. The number of benzene rings is 3. The number of unbranched alkanes of at least 4 members (excludes halogenated alkanes) is 2. The summed E-state index contributed by atoms with van der Waals surface area (Å²) in [6.07, 6.45) is 4.55. The lowest BCUT2D eigenvalue weighted by Crippen LogP contribution is -2.10. The molecule has 0 bridgehead atoms. The van der Waals surface area contributed by atoms with Gasteiger partial charge in [0.05, 0.1) is 44.5 Å². The number of hydrogen-bond donors (Lipinski definition) is 9.